The van der Waals surface area contributed by atoms with Gasteiger partial charge in [0.2, 0.25) is 0 Å². The first-order chi connectivity index (χ1) is 7.75. The van der Waals surface area contributed by atoms with E-state index in [-0.39, 0.29) is 11.4 Å². The third-order valence-electron chi connectivity index (χ3n) is 1.86. The van der Waals surface area contributed by atoms with Crippen LogP contribution >= 0.6 is 0 Å². The second-order valence-electron chi connectivity index (χ2n) is 5.24. The van der Waals surface area contributed by atoms with Crippen molar-refractivity contribution < 1.29 is 19.0 Å². The lowest BCUT2D eigenvalue weighted by Crippen LogP contribution is -2.22. The molecule has 0 aromatic carbocycles. The summed E-state index contributed by atoms with van der Waals surface area (Å²) in [5.41, 5.74) is 0.111. The fourth-order valence-corrected chi connectivity index (χ4v) is 1.58. The maximum atomic E-state index is 10.6. The first-order valence-electron chi connectivity index (χ1n) is 5.86. The molecular weight excluding hydrogens is 220 g/mol. The summed E-state index contributed by atoms with van der Waals surface area (Å²) in [7, 11) is 3.17. The van der Waals surface area contributed by atoms with Gasteiger partial charge in [-0.05, 0) is 17.8 Å². The normalized spacial score (nSPS) is 10.8. The Morgan fingerprint density at radius 2 is 1.65 bits per heavy atom. The van der Waals surface area contributed by atoms with Crippen molar-refractivity contribution in [3.05, 3.63) is 0 Å². The van der Waals surface area contributed by atoms with Crippen LogP contribution < -0.4 is 0 Å². The van der Waals surface area contributed by atoms with Gasteiger partial charge in [0.15, 0.2) is 0 Å². The van der Waals surface area contributed by atoms with Gasteiger partial charge in [0.25, 0.3) is 0 Å². The Labute approximate surface area is 106 Å². The summed E-state index contributed by atoms with van der Waals surface area (Å²) in [6.45, 7) is 11.0. The second-order valence-corrected chi connectivity index (χ2v) is 5.24. The predicted molar refractivity (Wildman–Crippen MR) is 68.8 cm³/mol. The predicted octanol–water partition coefficient (Wildman–Crippen LogP) is 2.86. The summed E-state index contributed by atoms with van der Waals surface area (Å²) < 4.78 is 13.9. The first kappa shape index (κ1) is 18.7. The largest absolute Gasteiger partial charge is 0.465 e. The Balaban J connectivity index is 0. The SMILES string of the molecule is CC(=O)OCC(C)(C)CC(C)C.COCOC. The highest BCUT2D eigenvalue weighted by Crippen LogP contribution is 2.25. The van der Waals surface area contributed by atoms with E-state index in [1.165, 1.54) is 6.92 Å². The summed E-state index contributed by atoms with van der Waals surface area (Å²) in [5, 5.41) is 0. The quantitative estimate of drug-likeness (QED) is 0.535. The minimum Gasteiger partial charge on any atom is -0.465 e. The molecule has 0 fully saturated rings. The molecule has 0 aromatic heterocycles. The Bertz CT molecular complexity index is 186. The zero-order chi connectivity index (χ0) is 13.9. The van der Waals surface area contributed by atoms with E-state index in [4.69, 9.17) is 4.74 Å². The van der Waals surface area contributed by atoms with Crippen LogP contribution in [0.2, 0.25) is 0 Å². The number of carbonyl (C=O) groups is 1. The molecule has 0 aliphatic carbocycles. The van der Waals surface area contributed by atoms with Crippen LogP contribution in [0.3, 0.4) is 0 Å². The molecule has 17 heavy (non-hydrogen) atoms. The molecule has 0 aromatic rings. The fraction of sp³-hybridized carbons (Fsp3) is 0.923. The van der Waals surface area contributed by atoms with Crippen molar-refractivity contribution in [3.63, 3.8) is 0 Å². The van der Waals surface area contributed by atoms with Gasteiger partial charge in [0.1, 0.15) is 6.79 Å². The number of methoxy groups -OCH3 is 2. The van der Waals surface area contributed by atoms with Gasteiger partial charge in [0.05, 0.1) is 6.61 Å². The molecule has 104 valence electrons. The lowest BCUT2D eigenvalue weighted by atomic mass is 9.85. The Hall–Kier alpha value is -0.610. The van der Waals surface area contributed by atoms with E-state index in [2.05, 4.69) is 37.2 Å². The molecule has 0 N–H and O–H groups in total. The minimum atomic E-state index is -0.188. The van der Waals surface area contributed by atoms with Crippen molar-refractivity contribution in [1.29, 1.82) is 0 Å². The second kappa shape index (κ2) is 10.5. The standard InChI is InChI=1S/C10H20O2.C3H8O2/c1-8(2)6-10(4,5)7-12-9(3)11;1-4-3-5-2/h8H,6-7H2,1-5H3;3H2,1-2H3. The van der Waals surface area contributed by atoms with E-state index in [0.717, 1.165) is 6.42 Å². The van der Waals surface area contributed by atoms with Gasteiger partial charge in [-0.15, -0.1) is 0 Å². The number of hydrogen-bond acceptors (Lipinski definition) is 4. The van der Waals surface area contributed by atoms with Crippen molar-refractivity contribution in [2.24, 2.45) is 11.3 Å². The lowest BCUT2D eigenvalue weighted by molar-refractivity contribution is -0.144. The van der Waals surface area contributed by atoms with Gasteiger partial charge in [-0.2, -0.15) is 0 Å². The molecule has 0 bridgehead atoms. The van der Waals surface area contributed by atoms with E-state index < -0.39 is 0 Å². The Morgan fingerprint density at radius 1 is 1.18 bits per heavy atom. The van der Waals surface area contributed by atoms with E-state index in [9.17, 15) is 4.79 Å². The molecule has 4 heteroatoms. The molecule has 0 aliphatic heterocycles. The number of carbonyl (C=O) groups excluding carboxylic acids is 1. The Morgan fingerprint density at radius 3 is 1.88 bits per heavy atom. The van der Waals surface area contributed by atoms with Crippen molar-refractivity contribution in [2.75, 3.05) is 27.6 Å². The third kappa shape index (κ3) is 18.0. The molecule has 0 amide bonds. The molecule has 0 spiro atoms. The van der Waals surface area contributed by atoms with Gasteiger partial charge < -0.3 is 14.2 Å². The molecular formula is C13H28O4. The number of esters is 1. The third-order valence-corrected chi connectivity index (χ3v) is 1.86. The van der Waals surface area contributed by atoms with E-state index in [0.29, 0.717) is 19.3 Å². The molecule has 0 aliphatic rings. The van der Waals surface area contributed by atoms with Crippen LogP contribution in [-0.2, 0) is 19.0 Å². The van der Waals surface area contributed by atoms with E-state index in [1.807, 2.05) is 0 Å². The average molecular weight is 248 g/mol. The maximum Gasteiger partial charge on any atom is 0.302 e. The highest BCUT2D eigenvalue weighted by Gasteiger charge is 2.20. The zero-order valence-electron chi connectivity index (χ0n) is 12.3. The van der Waals surface area contributed by atoms with Gasteiger partial charge in [0, 0.05) is 21.1 Å². The van der Waals surface area contributed by atoms with Crippen LogP contribution in [0.15, 0.2) is 0 Å². The zero-order valence-corrected chi connectivity index (χ0v) is 12.3. The highest BCUT2D eigenvalue weighted by atomic mass is 16.6. The van der Waals surface area contributed by atoms with E-state index >= 15 is 0 Å². The number of ether oxygens (including phenoxy) is 3. The van der Waals surface area contributed by atoms with Crippen LogP contribution in [0, 0.1) is 11.3 Å². The smallest absolute Gasteiger partial charge is 0.302 e. The molecule has 0 rings (SSSR count). The van der Waals surface area contributed by atoms with Crippen LogP contribution in [0.25, 0.3) is 0 Å². The average Bonchev–Trinajstić information content (AvgIpc) is 2.15. The summed E-state index contributed by atoms with van der Waals surface area (Å²) in [4.78, 5) is 10.6. The van der Waals surface area contributed by atoms with Crippen molar-refractivity contribution in [3.8, 4) is 0 Å². The molecule has 0 radical (unpaired) electrons. The highest BCUT2D eigenvalue weighted by molar-refractivity contribution is 5.65. The fourth-order valence-electron chi connectivity index (χ4n) is 1.58. The topological polar surface area (TPSA) is 44.8 Å². The Kier molecular flexibility index (Phi) is 11.6. The van der Waals surface area contributed by atoms with Gasteiger partial charge in [-0.3, -0.25) is 4.79 Å². The van der Waals surface area contributed by atoms with Crippen LogP contribution in [0.1, 0.15) is 41.0 Å². The van der Waals surface area contributed by atoms with Crippen LogP contribution in [0.4, 0.5) is 0 Å². The van der Waals surface area contributed by atoms with Crippen molar-refractivity contribution >= 4 is 5.97 Å². The van der Waals surface area contributed by atoms with Crippen molar-refractivity contribution in [2.45, 2.75) is 41.0 Å². The number of hydrogen-bond donors (Lipinski definition) is 0. The molecule has 0 saturated heterocycles. The molecule has 0 saturated carbocycles. The van der Waals surface area contributed by atoms with Gasteiger partial charge in [-0.25, -0.2) is 0 Å². The summed E-state index contributed by atoms with van der Waals surface area (Å²) >= 11 is 0. The van der Waals surface area contributed by atoms with E-state index in [1.54, 1.807) is 14.2 Å². The monoisotopic (exact) mass is 248 g/mol. The van der Waals surface area contributed by atoms with Gasteiger partial charge in [-0.1, -0.05) is 27.7 Å². The minimum absolute atomic E-state index is 0.111. The molecule has 0 heterocycles. The van der Waals surface area contributed by atoms with Crippen molar-refractivity contribution in [1.82, 2.24) is 0 Å². The molecule has 0 unspecified atom stereocenters. The van der Waals surface area contributed by atoms with Crippen LogP contribution in [-0.4, -0.2) is 33.6 Å². The van der Waals surface area contributed by atoms with Gasteiger partial charge >= 0.3 is 5.97 Å². The summed E-state index contributed by atoms with van der Waals surface area (Å²) in [6, 6.07) is 0. The van der Waals surface area contributed by atoms with Crippen LogP contribution in [0.5, 0.6) is 0 Å². The molecule has 4 nitrogen and oxygen atoms in total. The summed E-state index contributed by atoms with van der Waals surface area (Å²) in [6.07, 6.45) is 1.08. The molecule has 0 atom stereocenters. The summed E-state index contributed by atoms with van der Waals surface area (Å²) in [5.74, 6) is 0.461. The number of rotatable bonds is 6. The maximum absolute atomic E-state index is 10.6. The lowest BCUT2D eigenvalue weighted by Gasteiger charge is -2.25. The first-order valence-corrected chi connectivity index (χ1v) is 5.86.